The van der Waals surface area contributed by atoms with Crippen LogP contribution in [0.3, 0.4) is 0 Å². The molecule has 1 atom stereocenters. The maximum absolute atomic E-state index is 9.56. The highest BCUT2D eigenvalue weighted by molar-refractivity contribution is 5.49. The lowest BCUT2D eigenvalue weighted by molar-refractivity contribution is 0.178. The normalized spacial score (nSPS) is 12.3. The highest BCUT2D eigenvalue weighted by Gasteiger charge is 2.14. The highest BCUT2D eigenvalue weighted by Crippen LogP contribution is 2.34. The summed E-state index contributed by atoms with van der Waals surface area (Å²) >= 11 is 0. The van der Waals surface area contributed by atoms with Crippen LogP contribution in [0.15, 0.2) is 12.1 Å². The minimum Gasteiger partial charge on any atom is -0.493 e. The van der Waals surface area contributed by atoms with Gasteiger partial charge in [-0.2, -0.15) is 0 Å². The van der Waals surface area contributed by atoms with Gasteiger partial charge in [0, 0.05) is 12.7 Å². The van der Waals surface area contributed by atoms with Crippen molar-refractivity contribution in [1.29, 1.82) is 0 Å². The molecule has 0 saturated heterocycles. The fraction of sp³-hybridized carbons (Fsp3) is 0.500. The molecule has 0 aliphatic heterocycles. The standard InChI is InChI=1S/C12H18O4/c1-8(13)9-5-10(7-14-2)12(16-4)11(6-9)15-3/h5-6,8,13H,7H2,1-4H3. The molecule has 0 aliphatic rings. The zero-order valence-corrected chi connectivity index (χ0v) is 10.1. The minimum atomic E-state index is -0.546. The number of hydrogen-bond acceptors (Lipinski definition) is 4. The van der Waals surface area contributed by atoms with Gasteiger partial charge in [-0.25, -0.2) is 0 Å². The molecule has 0 spiro atoms. The average Bonchev–Trinajstić information content (AvgIpc) is 2.28. The van der Waals surface area contributed by atoms with Gasteiger partial charge in [0.25, 0.3) is 0 Å². The third kappa shape index (κ3) is 2.65. The summed E-state index contributed by atoms with van der Waals surface area (Å²) in [4.78, 5) is 0. The summed E-state index contributed by atoms with van der Waals surface area (Å²) in [5.41, 5.74) is 1.64. The number of rotatable bonds is 5. The van der Waals surface area contributed by atoms with E-state index in [9.17, 15) is 5.11 Å². The number of ether oxygens (including phenoxy) is 3. The Kier molecular flexibility index (Phi) is 4.58. The summed E-state index contributed by atoms with van der Waals surface area (Å²) in [6, 6.07) is 3.62. The van der Waals surface area contributed by atoms with Gasteiger partial charge in [0.2, 0.25) is 0 Å². The second-order valence-electron chi connectivity index (χ2n) is 3.52. The molecule has 0 aliphatic carbocycles. The molecule has 16 heavy (non-hydrogen) atoms. The molecule has 4 nitrogen and oxygen atoms in total. The number of methoxy groups -OCH3 is 3. The van der Waals surface area contributed by atoms with E-state index in [2.05, 4.69) is 0 Å². The van der Waals surface area contributed by atoms with Crippen LogP contribution in [0.5, 0.6) is 11.5 Å². The Hall–Kier alpha value is -1.26. The predicted octanol–water partition coefficient (Wildman–Crippen LogP) is 1.90. The van der Waals surface area contributed by atoms with Gasteiger partial charge >= 0.3 is 0 Å². The second-order valence-corrected chi connectivity index (χ2v) is 3.52. The first-order chi connectivity index (χ1) is 7.63. The van der Waals surface area contributed by atoms with E-state index in [0.29, 0.717) is 18.1 Å². The third-order valence-electron chi connectivity index (χ3n) is 2.36. The molecule has 0 heterocycles. The van der Waals surface area contributed by atoms with Crippen LogP contribution in [0, 0.1) is 0 Å². The fourth-order valence-corrected chi connectivity index (χ4v) is 1.57. The molecular formula is C12H18O4. The molecule has 0 saturated carbocycles. The van der Waals surface area contributed by atoms with Crippen LogP contribution in [0.25, 0.3) is 0 Å². The second kappa shape index (κ2) is 5.72. The van der Waals surface area contributed by atoms with E-state index >= 15 is 0 Å². The van der Waals surface area contributed by atoms with Crippen molar-refractivity contribution in [2.24, 2.45) is 0 Å². The SMILES string of the molecule is COCc1cc(C(C)O)cc(OC)c1OC. The van der Waals surface area contributed by atoms with E-state index in [1.807, 2.05) is 6.07 Å². The van der Waals surface area contributed by atoms with Gasteiger partial charge in [-0.3, -0.25) is 0 Å². The first kappa shape index (κ1) is 12.8. The van der Waals surface area contributed by atoms with Crippen molar-refractivity contribution in [3.63, 3.8) is 0 Å². The van der Waals surface area contributed by atoms with E-state index in [1.54, 1.807) is 34.3 Å². The molecule has 1 rings (SSSR count). The van der Waals surface area contributed by atoms with Gasteiger partial charge < -0.3 is 19.3 Å². The van der Waals surface area contributed by atoms with Crippen LogP contribution in [-0.4, -0.2) is 26.4 Å². The Balaban J connectivity index is 3.25. The highest BCUT2D eigenvalue weighted by atomic mass is 16.5. The largest absolute Gasteiger partial charge is 0.493 e. The first-order valence-electron chi connectivity index (χ1n) is 5.05. The smallest absolute Gasteiger partial charge is 0.166 e. The fourth-order valence-electron chi connectivity index (χ4n) is 1.57. The van der Waals surface area contributed by atoms with Crippen LogP contribution in [0.1, 0.15) is 24.2 Å². The lowest BCUT2D eigenvalue weighted by Crippen LogP contribution is -2.01. The van der Waals surface area contributed by atoms with Gasteiger partial charge in [0.15, 0.2) is 11.5 Å². The van der Waals surface area contributed by atoms with Crippen molar-refractivity contribution in [3.8, 4) is 11.5 Å². The van der Waals surface area contributed by atoms with Crippen LogP contribution in [0.2, 0.25) is 0 Å². The number of benzene rings is 1. The van der Waals surface area contributed by atoms with Crippen molar-refractivity contribution in [2.45, 2.75) is 19.6 Å². The van der Waals surface area contributed by atoms with Gasteiger partial charge in [-0.15, -0.1) is 0 Å². The summed E-state index contributed by atoms with van der Waals surface area (Å²) < 4.78 is 15.6. The van der Waals surface area contributed by atoms with E-state index in [1.165, 1.54) is 0 Å². The van der Waals surface area contributed by atoms with E-state index in [-0.39, 0.29) is 0 Å². The summed E-state index contributed by atoms with van der Waals surface area (Å²) in [6.45, 7) is 2.12. The molecule has 4 heteroatoms. The van der Waals surface area contributed by atoms with Crippen LogP contribution >= 0.6 is 0 Å². The topological polar surface area (TPSA) is 47.9 Å². The van der Waals surface area contributed by atoms with Gasteiger partial charge in [-0.05, 0) is 24.6 Å². The Morgan fingerprint density at radius 1 is 1.19 bits per heavy atom. The average molecular weight is 226 g/mol. The molecule has 1 unspecified atom stereocenters. The van der Waals surface area contributed by atoms with Crippen molar-refractivity contribution >= 4 is 0 Å². The van der Waals surface area contributed by atoms with E-state index in [0.717, 1.165) is 11.1 Å². The molecule has 1 N–H and O–H groups in total. The lowest BCUT2D eigenvalue weighted by atomic mass is 10.1. The Morgan fingerprint density at radius 3 is 2.31 bits per heavy atom. The molecule has 1 aromatic rings. The lowest BCUT2D eigenvalue weighted by Gasteiger charge is -2.15. The molecular weight excluding hydrogens is 208 g/mol. The molecule has 1 aromatic carbocycles. The molecule has 90 valence electrons. The zero-order valence-electron chi connectivity index (χ0n) is 10.1. The van der Waals surface area contributed by atoms with Crippen LogP contribution < -0.4 is 9.47 Å². The molecule has 0 radical (unpaired) electrons. The molecule has 0 bridgehead atoms. The maximum Gasteiger partial charge on any atom is 0.166 e. The van der Waals surface area contributed by atoms with Gasteiger partial charge in [-0.1, -0.05) is 0 Å². The zero-order chi connectivity index (χ0) is 12.1. The van der Waals surface area contributed by atoms with E-state index < -0.39 is 6.10 Å². The Morgan fingerprint density at radius 2 is 1.88 bits per heavy atom. The molecule has 0 fully saturated rings. The minimum absolute atomic E-state index is 0.417. The third-order valence-corrected chi connectivity index (χ3v) is 2.36. The van der Waals surface area contributed by atoms with Crippen molar-refractivity contribution in [2.75, 3.05) is 21.3 Å². The number of aliphatic hydroxyl groups is 1. The van der Waals surface area contributed by atoms with Gasteiger partial charge in [0.1, 0.15) is 0 Å². The Labute approximate surface area is 95.8 Å². The number of aliphatic hydroxyl groups excluding tert-OH is 1. The summed E-state index contributed by atoms with van der Waals surface area (Å²) in [5.74, 6) is 1.25. The number of hydrogen-bond donors (Lipinski definition) is 1. The predicted molar refractivity (Wildman–Crippen MR) is 60.9 cm³/mol. The van der Waals surface area contributed by atoms with Crippen molar-refractivity contribution < 1.29 is 19.3 Å². The first-order valence-corrected chi connectivity index (χ1v) is 5.05. The Bertz CT molecular complexity index is 347. The van der Waals surface area contributed by atoms with Gasteiger partial charge in [0.05, 0.1) is 26.9 Å². The summed E-state index contributed by atoms with van der Waals surface area (Å²) in [6.07, 6.45) is -0.546. The summed E-state index contributed by atoms with van der Waals surface area (Å²) in [7, 11) is 4.76. The molecule has 0 amide bonds. The van der Waals surface area contributed by atoms with Crippen LogP contribution in [0.4, 0.5) is 0 Å². The maximum atomic E-state index is 9.56. The quantitative estimate of drug-likeness (QED) is 0.833. The summed E-state index contributed by atoms with van der Waals surface area (Å²) in [5, 5.41) is 9.56. The van der Waals surface area contributed by atoms with Crippen LogP contribution in [-0.2, 0) is 11.3 Å². The van der Waals surface area contributed by atoms with Crippen molar-refractivity contribution in [1.82, 2.24) is 0 Å². The van der Waals surface area contributed by atoms with E-state index in [4.69, 9.17) is 14.2 Å². The van der Waals surface area contributed by atoms with Crippen molar-refractivity contribution in [3.05, 3.63) is 23.3 Å². The monoisotopic (exact) mass is 226 g/mol. The molecule has 0 aromatic heterocycles.